The first-order chi connectivity index (χ1) is 12.1. The maximum atomic E-state index is 10.1. The Hall–Kier alpha value is -1.83. The lowest BCUT2D eigenvalue weighted by Crippen LogP contribution is -2.20. The molecule has 2 aromatic carbocycles. The molecule has 3 nitrogen and oxygen atoms in total. The van der Waals surface area contributed by atoms with E-state index in [1.54, 1.807) is 26.0 Å². The molecule has 0 aliphatic heterocycles. The maximum Gasteiger partial charge on any atom is 0.161 e. The molecule has 1 unspecified atom stereocenters. The third-order valence-electron chi connectivity index (χ3n) is 4.01. The molecule has 5 heteroatoms. The summed E-state index contributed by atoms with van der Waals surface area (Å²) < 4.78 is 10.00. The van der Waals surface area contributed by atoms with Crippen LogP contribution >= 0.6 is 23.4 Å². The molecule has 1 atom stereocenters. The van der Waals surface area contributed by atoms with E-state index in [-0.39, 0.29) is 0 Å². The third-order valence-corrected chi connectivity index (χ3v) is 5.66. The Kier molecular flexibility index (Phi) is 7.04. The zero-order chi connectivity index (χ0) is 18.3. The Bertz CT molecular complexity index is 742. The van der Waals surface area contributed by atoms with Crippen molar-refractivity contribution in [1.29, 1.82) is 5.26 Å². The van der Waals surface area contributed by atoms with Gasteiger partial charge in [-0.25, -0.2) is 0 Å². The summed E-state index contributed by atoms with van der Waals surface area (Å²) in [5.74, 6) is 1.79. The molecule has 2 aromatic rings. The lowest BCUT2D eigenvalue weighted by molar-refractivity contribution is 0.354. The molecule has 0 fully saturated rings. The SMILES string of the molecule is COc1ccc(C(C#N)(CCCCl)Sc2ccc(C)cc2)cc1OC. The smallest absolute Gasteiger partial charge is 0.161 e. The molecule has 0 aliphatic rings. The highest BCUT2D eigenvalue weighted by Crippen LogP contribution is 2.46. The van der Waals surface area contributed by atoms with Gasteiger partial charge in [0.25, 0.3) is 0 Å². The first kappa shape index (κ1) is 19.5. The van der Waals surface area contributed by atoms with Gasteiger partial charge >= 0.3 is 0 Å². The van der Waals surface area contributed by atoms with Crippen LogP contribution in [0.4, 0.5) is 0 Å². The van der Waals surface area contributed by atoms with Crippen molar-refractivity contribution in [2.75, 3.05) is 20.1 Å². The number of nitriles is 1. The van der Waals surface area contributed by atoms with E-state index < -0.39 is 4.75 Å². The van der Waals surface area contributed by atoms with Crippen LogP contribution in [0.15, 0.2) is 47.4 Å². The van der Waals surface area contributed by atoms with Crippen LogP contribution in [0.25, 0.3) is 0 Å². The van der Waals surface area contributed by atoms with Gasteiger partial charge in [-0.15, -0.1) is 11.6 Å². The molecule has 25 heavy (non-hydrogen) atoms. The van der Waals surface area contributed by atoms with Crippen molar-refractivity contribution in [3.05, 3.63) is 53.6 Å². The normalized spacial score (nSPS) is 12.9. The van der Waals surface area contributed by atoms with Gasteiger partial charge in [0.1, 0.15) is 4.75 Å². The van der Waals surface area contributed by atoms with Crippen LogP contribution in [-0.2, 0) is 4.75 Å². The molecular formula is C20H22ClNO2S. The largest absolute Gasteiger partial charge is 0.493 e. The van der Waals surface area contributed by atoms with Crippen LogP contribution in [0.3, 0.4) is 0 Å². The quantitative estimate of drug-likeness (QED) is 0.448. The highest BCUT2D eigenvalue weighted by Gasteiger charge is 2.34. The molecule has 132 valence electrons. The van der Waals surface area contributed by atoms with E-state index >= 15 is 0 Å². The zero-order valence-electron chi connectivity index (χ0n) is 14.7. The molecule has 0 amide bonds. The van der Waals surface area contributed by atoms with E-state index in [4.69, 9.17) is 21.1 Å². The van der Waals surface area contributed by atoms with Gasteiger partial charge in [0.2, 0.25) is 0 Å². The standard InChI is InChI=1S/C20H22ClNO2S/c1-15-5-8-17(9-6-15)25-20(14-22,11-4-12-21)16-7-10-18(23-2)19(13-16)24-3/h5-10,13H,4,11-12H2,1-3H3. The summed E-state index contributed by atoms with van der Waals surface area (Å²) in [6, 6.07) is 16.4. The number of alkyl halides is 1. The first-order valence-electron chi connectivity index (χ1n) is 8.04. The second-order valence-electron chi connectivity index (χ2n) is 5.72. The lowest BCUT2D eigenvalue weighted by atomic mass is 9.94. The topological polar surface area (TPSA) is 42.2 Å². The molecule has 0 heterocycles. The summed E-state index contributed by atoms with van der Waals surface area (Å²) in [6.45, 7) is 2.05. The van der Waals surface area contributed by atoms with Crippen LogP contribution < -0.4 is 9.47 Å². The average Bonchev–Trinajstić information content (AvgIpc) is 2.66. The van der Waals surface area contributed by atoms with Crippen LogP contribution in [0, 0.1) is 18.3 Å². The van der Waals surface area contributed by atoms with Gasteiger partial charge < -0.3 is 9.47 Å². The van der Waals surface area contributed by atoms with Crippen LogP contribution in [-0.4, -0.2) is 20.1 Å². The number of thioether (sulfide) groups is 1. The summed E-state index contributed by atoms with van der Waals surface area (Å²) in [6.07, 6.45) is 1.41. The van der Waals surface area contributed by atoms with Gasteiger partial charge in [-0.05, 0) is 49.6 Å². The summed E-state index contributed by atoms with van der Waals surface area (Å²) in [5.41, 5.74) is 2.09. The van der Waals surface area contributed by atoms with Crippen molar-refractivity contribution >= 4 is 23.4 Å². The molecule has 0 radical (unpaired) electrons. The summed E-state index contributed by atoms with van der Waals surface area (Å²) in [4.78, 5) is 1.05. The fraction of sp³-hybridized carbons (Fsp3) is 0.350. The van der Waals surface area contributed by atoms with E-state index in [0.717, 1.165) is 16.9 Å². The Morgan fingerprint density at radius 1 is 1.08 bits per heavy atom. The van der Waals surface area contributed by atoms with E-state index in [1.807, 2.05) is 37.3 Å². The first-order valence-corrected chi connectivity index (χ1v) is 9.39. The van der Waals surface area contributed by atoms with E-state index in [9.17, 15) is 5.26 Å². The predicted octanol–water partition coefficient (Wildman–Crippen LogP) is 5.54. The van der Waals surface area contributed by atoms with Crippen LogP contribution in [0.1, 0.15) is 24.0 Å². The number of hydrogen-bond donors (Lipinski definition) is 0. The Balaban J connectivity index is 2.47. The van der Waals surface area contributed by atoms with Gasteiger partial charge in [0.15, 0.2) is 11.5 Å². The zero-order valence-corrected chi connectivity index (χ0v) is 16.3. The number of halogens is 1. The number of methoxy groups -OCH3 is 2. The van der Waals surface area contributed by atoms with Crippen molar-refractivity contribution in [2.24, 2.45) is 0 Å². The van der Waals surface area contributed by atoms with Crippen LogP contribution in [0.5, 0.6) is 11.5 Å². The molecule has 0 aromatic heterocycles. The molecule has 0 saturated heterocycles. The van der Waals surface area contributed by atoms with Gasteiger partial charge in [-0.1, -0.05) is 35.5 Å². The van der Waals surface area contributed by atoms with Gasteiger partial charge in [-0.3, -0.25) is 0 Å². The van der Waals surface area contributed by atoms with Crippen molar-refractivity contribution in [2.45, 2.75) is 29.4 Å². The molecule has 0 aliphatic carbocycles. The minimum atomic E-state index is -0.732. The van der Waals surface area contributed by atoms with Crippen molar-refractivity contribution in [3.63, 3.8) is 0 Å². The number of nitrogens with zero attached hydrogens (tertiary/aromatic N) is 1. The second-order valence-corrected chi connectivity index (χ2v) is 7.47. The molecule has 0 bridgehead atoms. The van der Waals surface area contributed by atoms with Crippen molar-refractivity contribution < 1.29 is 9.47 Å². The summed E-state index contributed by atoms with van der Waals surface area (Å²) in [7, 11) is 3.20. The fourth-order valence-corrected chi connectivity index (χ4v) is 3.95. The predicted molar refractivity (Wildman–Crippen MR) is 104 cm³/mol. The average molecular weight is 376 g/mol. The maximum absolute atomic E-state index is 10.1. The number of hydrogen-bond acceptors (Lipinski definition) is 4. The van der Waals surface area contributed by atoms with E-state index in [2.05, 4.69) is 18.2 Å². The minimum absolute atomic E-state index is 0.519. The van der Waals surface area contributed by atoms with Gasteiger partial charge in [0.05, 0.1) is 20.3 Å². The minimum Gasteiger partial charge on any atom is -0.493 e. The monoisotopic (exact) mass is 375 g/mol. The van der Waals surface area contributed by atoms with Crippen LogP contribution in [0.2, 0.25) is 0 Å². The summed E-state index contributed by atoms with van der Waals surface area (Å²) >= 11 is 7.47. The number of ether oxygens (including phenoxy) is 2. The summed E-state index contributed by atoms with van der Waals surface area (Å²) in [5, 5.41) is 10.1. The number of benzene rings is 2. The lowest BCUT2D eigenvalue weighted by Gasteiger charge is -2.27. The highest BCUT2D eigenvalue weighted by atomic mass is 35.5. The fourth-order valence-electron chi connectivity index (χ4n) is 2.61. The van der Waals surface area contributed by atoms with E-state index in [0.29, 0.717) is 23.8 Å². The molecule has 0 spiro atoms. The molecule has 0 N–H and O–H groups in total. The second kappa shape index (κ2) is 9.03. The Labute approximate surface area is 158 Å². The van der Waals surface area contributed by atoms with Gasteiger partial charge in [0, 0.05) is 10.8 Å². The van der Waals surface area contributed by atoms with Crippen molar-refractivity contribution in [3.8, 4) is 17.6 Å². The molecule has 0 saturated carbocycles. The third kappa shape index (κ3) is 4.62. The van der Waals surface area contributed by atoms with Gasteiger partial charge in [-0.2, -0.15) is 5.26 Å². The molecule has 2 rings (SSSR count). The highest BCUT2D eigenvalue weighted by molar-refractivity contribution is 8.00. The Morgan fingerprint density at radius 3 is 2.32 bits per heavy atom. The Morgan fingerprint density at radius 2 is 1.76 bits per heavy atom. The number of rotatable bonds is 8. The molecular weight excluding hydrogens is 354 g/mol. The van der Waals surface area contributed by atoms with E-state index in [1.165, 1.54) is 5.56 Å². The van der Waals surface area contributed by atoms with Crippen molar-refractivity contribution in [1.82, 2.24) is 0 Å². The number of aryl methyl sites for hydroxylation is 1.